The van der Waals surface area contributed by atoms with Crippen LogP contribution in [0.4, 0.5) is 0 Å². The average molecular weight is 437 g/mol. The van der Waals surface area contributed by atoms with Crippen LogP contribution < -0.4 is 21.1 Å². The molecule has 2 saturated heterocycles. The van der Waals surface area contributed by atoms with Crippen molar-refractivity contribution in [2.45, 2.75) is 31.2 Å². The number of nitrogens with zero attached hydrogens (tertiary/aromatic N) is 1. The minimum absolute atomic E-state index is 0.163. The summed E-state index contributed by atoms with van der Waals surface area (Å²) in [7, 11) is 1.59. The second kappa shape index (κ2) is 8.20. The van der Waals surface area contributed by atoms with Crippen molar-refractivity contribution >= 4 is 11.9 Å². The zero-order valence-corrected chi connectivity index (χ0v) is 18.1. The summed E-state index contributed by atoms with van der Waals surface area (Å²) in [5.41, 5.74) is 12.3. The van der Waals surface area contributed by atoms with Crippen molar-refractivity contribution in [3.63, 3.8) is 0 Å². The number of hydrogen-bond acceptors (Lipinski definition) is 6. The van der Waals surface area contributed by atoms with E-state index in [2.05, 4.69) is 40.7 Å². The Bertz CT molecular complexity index is 1020. The molecule has 168 valence electrons. The average Bonchev–Trinajstić information content (AvgIpc) is 3.24. The Hall–Kier alpha value is -2.94. The summed E-state index contributed by atoms with van der Waals surface area (Å²) in [6.07, 6.45) is 3.23. The Morgan fingerprint density at radius 2 is 1.88 bits per heavy atom. The van der Waals surface area contributed by atoms with E-state index in [9.17, 15) is 14.7 Å². The predicted octanol–water partition coefficient (Wildman–Crippen LogP) is 2.14. The number of piperidine rings is 1. The molecule has 2 heterocycles. The maximum Gasteiger partial charge on any atom is 0.335 e. The summed E-state index contributed by atoms with van der Waals surface area (Å²) in [6.45, 7) is 2.23. The molecule has 2 aliphatic heterocycles. The van der Waals surface area contributed by atoms with Gasteiger partial charge in [-0.2, -0.15) is 5.53 Å². The Morgan fingerprint density at radius 1 is 1.12 bits per heavy atom. The van der Waals surface area contributed by atoms with Crippen LogP contribution >= 0.6 is 0 Å². The Balaban J connectivity index is 1.26. The lowest BCUT2D eigenvalue weighted by atomic mass is 9.88. The summed E-state index contributed by atoms with van der Waals surface area (Å²) >= 11 is 0. The monoisotopic (exact) mass is 436 g/mol. The van der Waals surface area contributed by atoms with Gasteiger partial charge < -0.3 is 14.7 Å². The maximum absolute atomic E-state index is 12.6. The lowest BCUT2D eigenvalue weighted by Gasteiger charge is -2.34. The highest BCUT2D eigenvalue weighted by Gasteiger charge is 2.55. The molecule has 3 fully saturated rings. The van der Waals surface area contributed by atoms with E-state index in [1.807, 2.05) is 4.90 Å². The molecule has 8 heteroatoms. The van der Waals surface area contributed by atoms with Gasteiger partial charge >= 0.3 is 5.97 Å². The summed E-state index contributed by atoms with van der Waals surface area (Å²) in [5.74, 6) is 0.391. The minimum atomic E-state index is -0.952. The third-order valence-corrected chi connectivity index (χ3v) is 7.27. The third-order valence-electron chi connectivity index (χ3n) is 7.27. The standard InChI is InChI=1S/C24H28N4O4/c1-32-21-7-6-17(23(30)31)12-18(21)15-2-4-16(5-3-15)19-13-24(19)8-10-28(11-9-24)22(29)20-14-25-27-26-20/h2-7,12,19-20,25-27H,8-11,13-14H2,1H3,(H,30,31)/t19-,20?/m1/s1. The lowest BCUT2D eigenvalue weighted by Crippen LogP contribution is -2.49. The number of amides is 1. The molecule has 1 amide bonds. The summed E-state index contributed by atoms with van der Waals surface area (Å²) < 4.78 is 5.44. The number of hydrogen-bond donors (Lipinski definition) is 4. The number of carboxylic acids is 1. The normalized spacial score (nSPS) is 23.8. The minimum Gasteiger partial charge on any atom is -0.496 e. The van der Waals surface area contributed by atoms with Crippen LogP contribution in [-0.4, -0.2) is 54.7 Å². The molecule has 8 nitrogen and oxygen atoms in total. The van der Waals surface area contributed by atoms with Gasteiger partial charge in [-0.3, -0.25) is 4.79 Å². The molecule has 1 saturated carbocycles. The number of benzene rings is 2. The van der Waals surface area contributed by atoms with Crippen LogP contribution in [0, 0.1) is 5.41 Å². The van der Waals surface area contributed by atoms with E-state index >= 15 is 0 Å². The van der Waals surface area contributed by atoms with E-state index < -0.39 is 5.97 Å². The van der Waals surface area contributed by atoms with E-state index in [1.54, 1.807) is 25.3 Å². The number of carboxylic acid groups (broad SMARTS) is 1. The molecule has 2 atom stereocenters. The van der Waals surface area contributed by atoms with Gasteiger partial charge in [0, 0.05) is 25.2 Å². The van der Waals surface area contributed by atoms with Gasteiger partial charge in [-0.1, -0.05) is 24.3 Å². The molecule has 1 aliphatic carbocycles. The Labute approximate surface area is 186 Å². The smallest absolute Gasteiger partial charge is 0.335 e. The molecule has 2 aromatic carbocycles. The molecule has 1 spiro atoms. The van der Waals surface area contributed by atoms with Crippen molar-refractivity contribution in [1.82, 2.24) is 21.3 Å². The number of ether oxygens (including phenoxy) is 1. The molecular weight excluding hydrogens is 408 g/mol. The number of methoxy groups -OCH3 is 1. The zero-order valence-electron chi connectivity index (χ0n) is 18.1. The second-order valence-electron chi connectivity index (χ2n) is 8.99. The van der Waals surface area contributed by atoms with Crippen molar-refractivity contribution in [3.8, 4) is 16.9 Å². The molecule has 3 aliphatic rings. The van der Waals surface area contributed by atoms with E-state index in [1.165, 1.54) is 5.56 Å². The number of carbonyl (C=O) groups excluding carboxylic acids is 1. The fourth-order valence-electron chi connectivity index (χ4n) is 5.22. The number of hydrazine groups is 2. The van der Waals surface area contributed by atoms with Crippen molar-refractivity contribution in [2.75, 3.05) is 26.7 Å². The van der Waals surface area contributed by atoms with Crippen molar-refractivity contribution < 1.29 is 19.4 Å². The second-order valence-corrected chi connectivity index (χ2v) is 8.99. The van der Waals surface area contributed by atoms with Crippen LogP contribution in [0.25, 0.3) is 11.1 Å². The lowest BCUT2D eigenvalue weighted by molar-refractivity contribution is -0.134. The van der Waals surface area contributed by atoms with Gasteiger partial charge in [0.25, 0.3) is 0 Å². The Kier molecular flexibility index (Phi) is 5.36. The van der Waals surface area contributed by atoms with Crippen molar-refractivity contribution in [2.24, 2.45) is 5.41 Å². The summed E-state index contributed by atoms with van der Waals surface area (Å²) in [5, 5.41) is 9.33. The number of nitrogens with one attached hydrogen (secondary N) is 3. The third kappa shape index (κ3) is 3.74. The largest absolute Gasteiger partial charge is 0.496 e. The molecule has 1 unspecified atom stereocenters. The fraction of sp³-hybridized carbons (Fsp3) is 0.417. The number of likely N-dealkylation sites (tertiary alicyclic amines) is 1. The van der Waals surface area contributed by atoms with Crippen molar-refractivity contribution in [3.05, 3.63) is 53.6 Å². The highest BCUT2D eigenvalue weighted by Crippen LogP contribution is 2.65. The molecule has 32 heavy (non-hydrogen) atoms. The van der Waals surface area contributed by atoms with E-state index in [0.29, 0.717) is 23.6 Å². The first-order chi connectivity index (χ1) is 15.5. The zero-order chi connectivity index (χ0) is 22.3. The first kappa shape index (κ1) is 20.9. The number of carbonyl (C=O) groups is 2. The van der Waals surface area contributed by atoms with Gasteiger partial charge in [0.05, 0.1) is 12.7 Å². The van der Waals surface area contributed by atoms with E-state index in [4.69, 9.17) is 4.74 Å². The quantitative estimate of drug-likeness (QED) is 0.569. The summed E-state index contributed by atoms with van der Waals surface area (Å²) in [4.78, 5) is 26.0. The molecule has 0 aromatic heterocycles. The maximum atomic E-state index is 12.6. The fourth-order valence-corrected chi connectivity index (χ4v) is 5.22. The van der Waals surface area contributed by atoms with E-state index in [0.717, 1.165) is 43.5 Å². The number of aromatic carboxylic acids is 1. The van der Waals surface area contributed by atoms with Gasteiger partial charge in [-0.25, -0.2) is 15.6 Å². The first-order valence-electron chi connectivity index (χ1n) is 11.0. The highest BCUT2D eigenvalue weighted by atomic mass is 16.5. The molecule has 5 rings (SSSR count). The topological polar surface area (TPSA) is 103 Å². The number of rotatable bonds is 5. The van der Waals surface area contributed by atoms with Crippen LogP contribution in [0.5, 0.6) is 5.75 Å². The van der Waals surface area contributed by atoms with Crippen LogP contribution in [0.2, 0.25) is 0 Å². The SMILES string of the molecule is COc1ccc(C(=O)O)cc1-c1ccc([C@H]2CC23CCN(C(=O)C2CNNN2)CC3)cc1. The molecule has 0 bridgehead atoms. The van der Waals surface area contributed by atoms with Crippen molar-refractivity contribution in [1.29, 1.82) is 0 Å². The summed E-state index contributed by atoms with van der Waals surface area (Å²) in [6, 6.07) is 13.1. The van der Waals surface area contributed by atoms with Crippen LogP contribution in [0.1, 0.15) is 41.1 Å². The van der Waals surface area contributed by atoms with Crippen LogP contribution in [0.15, 0.2) is 42.5 Å². The van der Waals surface area contributed by atoms with Gasteiger partial charge in [-0.05, 0) is 59.9 Å². The van der Waals surface area contributed by atoms with Crippen LogP contribution in [-0.2, 0) is 4.79 Å². The molecule has 0 radical (unpaired) electrons. The van der Waals surface area contributed by atoms with Gasteiger partial charge in [0.2, 0.25) is 5.91 Å². The molecule has 4 N–H and O–H groups in total. The van der Waals surface area contributed by atoms with Gasteiger partial charge in [0.15, 0.2) is 0 Å². The van der Waals surface area contributed by atoms with Gasteiger partial charge in [0.1, 0.15) is 11.8 Å². The first-order valence-corrected chi connectivity index (χ1v) is 11.0. The molecular formula is C24H28N4O4. The van der Waals surface area contributed by atoms with Crippen LogP contribution in [0.3, 0.4) is 0 Å². The van der Waals surface area contributed by atoms with E-state index in [-0.39, 0.29) is 17.5 Å². The highest BCUT2D eigenvalue weighted by molar-refractivity contribution is 5.90. The van der Waals surface area contributed by atoms with Gasteiger partial charge in [-0.15, -0.1) is 0 Å². The Morgan fingerprint density at radius 3 is 2.50 bits per heavy atom. The predicted molar refractivity (Wildman–Crippen MR) is 119 cm³/mol. The molecule has 2 aromatic rings.